The molecule has 164 valence electrons. The number of aliphatic hydroxyl groups is 2. The number of carbonyl (C=O) groups excluding carboxylic acids is 1. The molecule has 0 radical (unpaired) electrons. The molecule has 5 heteroatoms. The third-order valence-corrected chi connectivity index (χ3v) is 4.94. The fourth-order valence-electron chi connectivity index (χ4n) is 3.12. The van der Waals surface area contributed by atoms with Crippen LogP contribution in [0.3, 0.4) is 0 Å². The van der Waals surface area contributed by atoms with Gasteiger partial charge in [0.15, 0.2) is 5.60 Å². The monoisotopic (exact) mass is 418 g/mol. The predicted molar refractivity (Wildman–Crippen MR) is 119 cm³/mol. The maximum atomic E-state index is 13.2. The largest absolute Gasteiger partial charge is 0.493 e. The molecule has 0 aromatic heterocycles. The molecule has 3 atom stereocenters. The number of rotatable bonds is 10. The van der Waals surface area contributed by atoms with E-state index in [1.54, 1.807) is 24.3 Å². The molecule has 2 rings (SSSR count). The maximum absolute atomic E-state index is 13.2. The third-order valence-electron chi connectivity index (χ3n) is 4.94. The van der Waals surface area contributed by atoms with Gasteiger partial charge in [-0.3, -0.25) is 4.79 Å². The molecule has 0 saturated heterocycles. The van der Waals surface area contributed by atoms with E-state index in [9.17, 15) is 15.0 Å². The van der Waals surface area contributed by atoms with E-state index in [-0.39, 0.29) is 0 Å². The van der Waals surface area contributed by atoms with E-state index >= 15 is 0 Å². The van der Waals surface area contributed by atoms with Gasteiger partial charge in [-0.2, -0.15) is 0 Å². The van der Waals surface area contributed by atoms with Gasteiger partial charge in [0.2, 0.25) is 0 Å². The predicted octanol–water partition coefficient (Wildman–Crippen LogP) is 4.34. The Morgan fingerprint density at radius 3 is 2.27 bits per heavy atom. The fraction of sp³-hybridized carbons (Fsp3) is 0.480. The molecule has 30 heavy (non-hydrogen) atoms. The van der Waals surface area contributed by atoms with E-state index in [4.69, 9.17) is 11.6 Å². The van der Waals surface area contributed by atoms with Crippen LogP contribution in [0.5, 0.6) is 5.75 Å². The second-order valence-electron chi connectivity index (χ2n) is 8.41. The number of ether oxygens (including phenoxy) is 1. The van der Waals surface area contributed by atoms with Crippen LogP contribution in [0.2, 0.25) is 0 Å². The van der Waals surface area contributed by atoms with Crippen molar-refractivity contribution in [2.24, 2.45) is 5.92 Å². The van der Waals surface area contributed by atoms with Gasteiger partial charge < -0.3 is 20.3 Å². The molecule has 2 aromatic carbocycles. The summed E-state index contributed by atoms with van der Waals surface area (Å²) in [5, 5.41) is 24.4. The van der Waals surface area contributed by atoms with Gasteiger partial charge in [0.05, 0.1) is 25.1 Å². The number of nitrogens with one attached hydrogen (secondary N) is 1. The number of amides is 1. The number of benzene rings is 2. The van der Waals surface area contributed by atoms with Gasteiger partial charge in [-0.05, 0) is 56.4 Å². The molecule has 5 nitrogen and oxygen atoms in total. The lowest BCUT2D eigenvalue weighted by atomic mass is 9.89. The molecule has 0 spiro atoms. The molecular formula is C25H35NO4. The van der Waals surface area contributed by atoms with Crippen molar-refractivity contribution in [1.82, 2.24) is 5.32 Å². The first kappa shape index (κ1) is 17.3. The van der Waals surface area contributed by atoms with Crippen molar-refractivity contribution in [3.05, 3.63) is 65.6 Å². The van der Waals surface area contributed by atoms with Crippen molar-refractivity contribution in [3.63, 3.8) is 0 Å². The molecule has 0 fully saturated rings. The van der Waals surface area contributed by atoms with Gasteiger partial charge in [0.25, 0.3) is 5.91 Å². The molecule has 0 bridgehead atoms. The molecule has 0 saturated carbocycles. The van der Waals surface area contributed by atoms with Crippen molar-refractivity contribution < 1.29 is 26.6 Å². The average molecular weight is 419 g/mol. The molecule has 0 aliphatic carbocycles. The van der Waals surface area contributed by atoms with Crippen molar-refractivity contribution in [2.45, 2.75) is 64.7 Å². The SMILES string of the molecule is [2H]c1c([2H])c([2H])c([C@@](C)(O)C(=O)N[C@H](c2ccc(OC[C@H](C)CCC)cc2)C(C)(C)O)c([2H])c1[2H]. The molecular weight excluding hydrogens is 378 g/mol. The molecule has 0 heterocycles. The van der Waals surface area contributed by atoms with Gasteiger partial charge in [-0.15, -0.1) is 0 Å². The highest BCUT2D eigenvalue weighted by molar-refractivity contribution is 5.86. The van der Waals surface area contributed by atoms with E-state index in [2.05, 4.69) is 19.2 Å². The molecule has 2 aromatic rings. The van der Waals surface area contributed by atoms with Crippen LogP contribution in [0.15, 0.2) is 54.5 Å². The second kappa shape index (κ2) is 10.1. The number of hydrogen-bond acceptors (Lipinski definition) is 4. The zero-order chi connectivity index (χ0) is 26.7. The summed E-state index contributed by atoms with van der Waals surface area (Å²) in [4.78, 5) is 13.2. The molecule has 0 aliphatic heterocycles. The van der Waals surface area contributed by atoms with Crippen molar-refractivity contribution in [1.29, 1.82) is 0 Å². The second-order valence-corrected chi connectivity index (χ2v) is 8.41. The Bertz CT molecular complexity index is 1020. The normalized spacial score (nSPS) is 18.0. The third kappa shape index (κ3) is 6.31. The maximum Gasteiger partial charge on any atom is 0.256 e. The van der Waals surface area contributed by atoms with Crippen LogP contribution in [0.4, 0.5) is 0 Å². The lowest BCUT2D eigenvalue weighted by Gasteiger charge is -2.33. The van der Waals surface area contributed by atoms with Crippen LogP contribution in [-0.4, -0.2) is 28.3 Å². The minimum absolute atomic E-state index is 0.409. The summed E-state index contributed by atoms with van der Waals surface area (Å²) in [7, 11) is 0. The smallest absolute Gasteiger partial charge is 0.256 e. The zero-order valence-electron chi connectivity index (χ0n) is 23.3. The fourth-order valence-corrected chi connectivity index (χ4v) is 3.12. The summed E-state index contributed by atoms with van der Waals surface area (Å²) in [6.45, 7) is 8.85. The Balaban J connectivity index is 2.33. The highest BCUT2D eigenvalue weighted by atomic mass is 16.5. The van der Waals surface area contributed by atoms with E-state index in [1.165, 1.54) is 13.8 Å². The van der Waals surface area contributed by atoms with E-state index in [0.717, 1.165) is 19.8 Å². The Morgan fingerprint density at radius 1 is 1.13 bits per heavy atom. The Labute approximate surface area is 187 Å². The van der Waals surface area contributed by atoms with Crippen LogP contribution in [0, 0.1) is 5.92 Å². The highest BCUT2D eigenvalue weighted by Crippen LogP contribution is 2.29. The van der Waals surface area contributed by atoms with E-state index in [0.29, 0.717) is 23.8 Å². The minimum atomic E-state index is -2.46. The van der Waals surface area contributed by atoms with Crippen molar-refractivity contribution in [3.8, 4) is 5.75 Å². The van der Waals surface area contributed by atoms with Gasteiger partial charge in [0, 0.05) is 0 Å². The van der Waals surface area contributed by atoms with Gasteiger partial charge in [-0.25, -0.2) is 0 Å². The topological polar surface area (TPSA) is 78.8 Å². The van der Waals surface area contributed by atoms with Gasteiger partial charge in [-0.1, -0.05) is 62.6 Å². The van der Waals surface area contributed by atoms with Crippen LogP contribution >= 0.6 is 0 Å². The summed E-state index contributed by atoms with van der Waals surface area (Å²) < 4.78 is 45.4. The van der Waals surface area contributed by atoms with Crippen LogP contribution in [0.25, 0.3) is 0 Å². The summed E-state index contributed by atoms with van der Waals surface area (Å²) in [6.07, 6.45) is 2.13. The first-order chi connectivity index (χ1) is 16.1. The number of hydrogen-bond donors (Lipinski definition) is 3. The molecule has 3 N–H and O–H groups in total. The lowest BCUT2D eigenvalue weighted by Crippen LogP contribution is -2.49. The first-order valence-corrected chi connectivity index (χ1v) is 10.2. The average Bonchev–Trinajstić information content (AvgIpc) is 2.78. The highest BCUT2D eigenvalue weighted by Gasteiger charge is 2.37. The lowest BCUT2D eigenvalue weighted by molar-refractivity contribution is -0.141. The van der Waals surface area contributed by atoms with Crippen LogP contribution in [-0.2, 0) is 10.4 Å². The number of carbonyl (C=O) groups is 1. The molecule has 1 amide bonds. The van der Waals surface area contributed by atoms with Gasteiger partial charge >= 0.3 is 0 Å². The zero-order valence-corrected chi connectivity index (χ0v) is 18.3. The van der Waals surface area contributed by atoms with Crippen LogP contribution in [0.1, 0.15) is 71.5 Å². The molecule has 0 unspecified atom stereocenters. The van der Waals surface area contributed by atoms with E-state index in [1.807, 2.05) is 0 Å². The minimum Gasteiger partial charge on any atom is -0.493 e. The van der Waals surface area contributed by atoms with Gasteiger partial charge in [0.1, 0.15) is 5.75 Å². The standard InChI is InChI=1S/C25H35NO4/c1-6-10-18(2)17-30-21-15-13-19(14-16-21)22(24(3,4)28)26-23(27)25(5,29)20-11-8-7-9-12-20/h7-9,11-16,18,22,28-29H,6,10,17H2,1-5H3,(H,26,27)/t18-,22-,25-/m1/s1/i7D,8D,9D,11D,12D. The summed E-state index contributed by atoms with van der Waals surface area (Å²) in [5.41, 5.74) is -3.92. The summed E-state index contributed by atoms with van der Waals surface area (Å²) >= 11 is 0. The van der Waals surface area contributed by atoms with Crippen molar-refractivity contribution in [2.75, 3.05) is 6.61 Å². The van der Waals surface area contributed by atoms with Crippen molar-refractivity contribution >= 4 is 5.91 Å². The van der Waals surface area contributed by atoms with Crippen LogP contribution < -0.4 is 10.1 Å². The Hall–Kier alpha value is -2.37. The quantitative estimate of drug-likeness (QED) is 0.536. The summed E-state index contributed by atoms with van der Waals surface area (Å²) in [5.74, 6) is 0.0345. The van der Waals surface area contributed by atoms with E-state index < -0.39 is 58.9 Å². The Morgan fingerprint density at radius 2 is 1.73 bits per heavy atom. The Kier molecular flexibility index (Phi) is 5.83. The summed E-state index contributed by atoms with van der Waals surface area (Å²) in [6, 6.07) is 2.60. The first-order valence-electron chi connectivity index (χ1n) is 12.7. The molecule has 0 aliphatic rings.